The van der Waals surface area contributed by atoms with Gasteiger partial charge in [-0.3, -0.25) is 4.79 Å². The highest BCUT2D eigenvalue weighted by molar-refractivity contribution is 6.08. The van der Waals surface area contributed by atoms with Crippen LogP contribution in [-0.2, 0) is 9.59 Å². The van der Waals surface area contributed by atoms with Crippen molar-refractivity contribution in [1.29, 1.82) is 0 Å². The Labute approximate surface area is 70.3 Å². The molecule has 1 atom stereocenters. The van der Waals surface area contributed by atoms with Gasteiger partial charge in [-0.25, -0.2) is 9.18 Å². The highest BCUT2D eigenvalue weighted by Gasteiger charge is 2.57. The molecule has 1 N–H and O–H groups in total. The number of carboxylic acids is 1. The van der Waals surface area contributed by atoms with Crippen LogP contribution in [0.5, 0.6) is 0 Å². The monoisotopic (exact) mass is 202 g/mol. The van der Waals surface area contributed by atoms with E-state index in [9.17, 15) is 27.2 Å². The standard InChI is InChI=1S/C6H6F4O3/c1-2-5(7,4(12)13)3(11)6(8,9)10/h2H2,1H3,(H,12,13). The molecule has 0 aromatic heterocycles. The first-order valence-electron chi connectivity index (χ1n) is 3.20. The topological polar surface area (TPSA) is 54.4 Å². The lowest BCUT2D eigenvalue weighted by Crippen LogP contribution is -2.48. The van der Waals surface area contributed by atoms with Crippen molar-refractivity contribution in [2.45, 2.75) is 25.2 Å². The Morgan fingerprint density at radius 3 is 1.69 bits per heavy atom. The number of hydrogen-bond acceptors (Lipinski definition) is 2. The van der Waals surface area contributed by atoms with Crippen LogP contribution in [0.1, 0.15) is 13.3 Å². The van der Waals surface area contributed by atoms with Crippen LogP contribution >= 0.6 is 0 Å². The number of alkyl halides is 4. The number of halogens is 4. The Balaban J connectivity index is 5.01. The fourth-order valence-corrected chi connectivity index (χ4v) is 0.634. The van der Waals surface area contributed by atoms with Gasteiger partial charge in [0.25, 0.3) is 11.5 Å². The van der Waals surface area contributed by atoms with Crippen molar-refractivity contribution >= 4 is 11.8 Å². The van der Waals surface area contributed by atoms with E-state index in [1.54, 1.807) is 0 Å². The smallest absolute Gasteiger partial charge is 0.454 e. The fourth-order valence-electron chi connectivity index (χ4n) is 0.634. The Hall–Kier alpha value is -1.14. The van der Waals surface area contributed by atoms with E-state index in [-0.39, 0.29) is 0 Å². The third kappa shape index (κ3) is 2.16. The van der Waals surface area contributed by atoms with Crippen LogP contribution < -0.4 is 0 Å². The molecule has 0 heterocycles. The number of ketones is 1. The summed E-state index contributed by atoms with van der Waals surface area (Å²) in [6.07, 6.45) is -6.52. The number of Topliss-reactive ketones (excluding diaryl/α,β-unsaturated/α-hetero) is 1. The van der Waals surface area contributed by atoms with Crippen molar-refractivity contribution in [3.05, 3.63) is 0 Å². The molecule has 7 heteroatoms. The van der Waals surface area contributed by atoms with E-state index in [2.05, 4.69) is 0 Å². The first-order chi connectivity index (χ1) is 5.66. The number of carboxylic acid groups (broad SMARTS) is 1. The van der Waals surface area contributed by atoms with E-state index in [0.29, 0.717) is 0 Å². The summed E-state index contributed by atoms with van der Waals surface area (Å²) in [4.78, 5) is 20.3. The Morgan fingerprint density at radius 1 is 1.23 bits per heavy atom. The number of carbonyl (C=O) groups excluding carboxylic acids is 1. The predicted molar refractivity (Wildman–Crippen MR) is 32.8 cm³/mol. The van der Waals surface area contributed by atoms with Gasteiger partial charge in [-0.15, -0.1) is 0 Å². The molecule has 0 aliphatic rings. The largest absolute Gasteiger partial charge is 0.479 e. The van der Waals surface area contributed by atoms with Gasteiger partial charge < -0.3 is 5.11 Å². The average Bonchev–Trinajstić information content (AvgIpc) is 1.99. The third-order valence-electron chi connectivity index (χ3n) is 1.44. The van der Waals surface area contributed by atoms with Crippen molar-refractivity contribution in [3.63, 3.8) is 0 Å². The van der Waals surface area contributed by atoms with Gasteiger partial charge in [0.2, 0.25) is 0 Å². The highest BCUT2D eigenvalue weighted by atomic mass is 19.4. The summed E-state index contributed by atoms with van der Waals surface area (Å²) in [5, 5.41) is 8.07. The van der Waals surface area contributed by atoms with Gasteiger partial charge in [0.15, 0.2) is 0 Å². The van der Waals surface area contributed by atoms with E-state index >= 15 is 0 Å². The van der Waals surface area contributed by atoms with Crippen molar-refractivity contribution < 1.29 is 32.3 Å². The molecule has 0 saturated carbocycles. The lowest BCUT2D eigenvalue weighted by Gasteiger charge is -2.18. The molecule has 76 valence electrons. The number of hydrogen-bond donors (Lipinski definition) is 1. The Bertz CT molecular complexity index is 235. The quantitative estimate of drug-likeness (QED) is 0.554. The normalized spacial score (nSPS) is 16.4. The molecule has 3 nitrogen and oxygen atoms in total. The minimum absolute atomic E-state index is 0.845. The molecule has 0 fully saturated rings. The fraction of sp³-hybridized carbons (Fsp3) is 0.667. The maximum atomic E-state index is 12.9. The maximum Gasteiger partial charge on any atom is 0.454 e. The van der Waals surface area contributed by atoms with Crippen molar-refractivity contribution in [2.24, 2.45) is 0 Å². The highest BCUT2D eigenvalue weighted by Crippen LogP contribution is 2.29. The zero-order valence-electron chi connectivity index (χ0n) is 6.48. The zero-order chi connectivity index (χ0) is 10.9. The number of aliphatic carboxylic acids is 1. The molecular weight excluding hydrogens is 196 g/mol. The molecule has 0 spiro atoms. The molecule has 0 bridgehead atoms. The lowest BCUT2D eigenvalue weighted by atomic mass is 9.97. The first kappa shape index (κ1) is 11.9. The molecule has 0 amide bonds. The molecule has 13 heavy (non-hydrogen) atoms. The molecule has 0 aromatic carbocycles. The number of carbonyl (C=O) groups is 2. The summed E-state index contributed by atoms with van der Waals surface area (Å²) in [5.41, 5.74) is -3.86. The number of rotatable bonds is 3. The van der Waals surface area contributed by atoms with Gasteiger partial charge in [0.05, 0.1) is 0 Å². The van der Waals surface area contributed by atoms with Crippen molar-refractivity contribution in [3.8, 4) is 0 Å². The Kier molecular flexibility index (Phi) is 3.02. The van der Waals surface area contributed by atoms with Gasteiger partial charge in [-0.2, -0.15) is 13.2 Å². The average molecular weight is 202 g/mol. The summed E-state index contributed by atoms with van der Waals surface area (Å²) in [7, 11) is 0. The van der Waals surface area contributed by atoms with Crippen LogP contribution in [0.3, 0.4) is 0 Å². The van der Waals surface area contributed by atoms with Crippen LogP contribution in [0.15, 0.2) is 0 Å². The summed E-state index contributed by atoms with van der Waals surface area (Å²) >= 11 is 0. The summed E-state index contributed by atoms with van der Waals surface area (Å²) in [5.74, 6) is -5.30. The summed E-state index contributed by atoms with van der Waals surface area (Å²) < 4.78 is 47.8. The van der Waals surface area contributed by atoms with Crippen LogP contribution in [0.25, 0.3) is 0 Å². The van der Waals surface area contributed by atoms with E-state index < -0.39 is 30.0 Å². The maximum absolute atomic E-state index is 12.9. The molecule has 0 rings (SSSR count). The molecule has 0 saturated heterocycles. The van der Waals surface area contributed by atoms with Crippen molar-refractivity contribution in [2.75, 3.05) is 0 Å². The molecule has 0 aliphatic heterocycles. The van der Waals surface area contributed by atoms with Crippen LogP contribution in [0.4, 0.5) is 17.6 Å². The first-order valence-corrected chi connectivity index (χ1v) is 3.20. The second-order valence-electron chi connectivity index (χ2n) is 2.29. The minimum atomic E-state index is -5.47. The second kappa shape index (κ2) is 3.31. The molecule has 0 aliphatic carbocycles. The molecule has 0 aromatic rings. The van der Waals surface area contributed by atoms with E-state index in [1.165, 1.54) is 0 Å². The summed E-state index contributed by atoms with van der Waals surface area (Å²) in [6, 6.07) is 0. The Morgan fingerprint density at radius 2 is 1.62 bits per heavy atom. The second-order valence-corrected chi connectivity index (χ2v) is 2.29. The van der Waals surface area contributed by atoms with Gasteiger partial charge in [-0.05, 0) is 6.42 Å². The van der Waals surface area contributed by atoms with Gasteiger partial charge in [0.1, 0.15) is 0 Å². The predicted octanol–water partition coefficient (Wildman–Crippen LogP) is 1.32. The van der Waals surface area contributed by atoms with Gasteiger partial charge in [-0.1, -0.05) is 6.92 Å². The van der Waals surface area contributed by atoms with Crippen LogP contribution in [-0.4, -0.2) is 28.7 Å². The minimum Gasteiger partial charge on any atom is -0.479 e. The van der Waals surface area contributed by atoms with Crippen molar-refractivity contribution in [1.82, 2.24) is 0 Å². The van der Waals surface area contributed by atoms with Gasteiger partial charge in [0, 0.05) is 0 Å². The SMILES string of the molecule is CCC(F)(C(=O)O)C(=O)C(F)(F)F. The van der Waals surface area contributed by atoms with Gasteiger partial charge >= 0.3 is 12.1 Å². The van der Waals surface area contributed by atoms with E-state index in [4.69, 9.17) is 5.11 Å². The molecule has 1 unspecified atom stereocenters. The summed E-state index contributed by atoms with van der Waals surface area (Å²) in [6.45, 7) is 0.845. The molecule has 0 radical (unpaired) electrons. The lowest BCUT2D eigenvalue weighted by molar-refractivity contribution is -0.190. The van der Waals surface area contributed by atoms with E-state index in [0.717, 1.165) is 6.92 Å². The molecular formula is C6H6F4O3. The third-order valence-corrected chi connectivity index (χ3v) is 1.44. The van der Waals surface area contributed by atoms with E-state index in [1.807, 2.05) is 0 Å². The zero-order valence-corrected chi connectivity index (χ0v) is 6.48. The van der Waals surface area contributed by atoms with Crippen LogP contribution in [0, 0.1) is 0 Å². The van der Waals surface area contributed by atoms with Crippen LogP contribution in [0.2, 0.25) is 0 Å².